The Balaban J connectivity index is 2.29. The van der Waals surface area contributed by atoms with E-state index in [1.54, 1.807) is 19.1 Å². The lowest BCUT2D eigenvalue weighted by Gasteiger charge is -2.29. The van der Waals surface area contributed by atoms with Gasteiger partial charge in [0.1, 0.15) is 0 Å². The number of carbonyl (C=O) groups is 1. The Bertz CT molecular complexity index is 755. The molecule has 0 aliphatic rings. The molecule has 24 heavy (non-hydrogen) atoms. The van der Waals surface area contributed by atoms with Crippen molar-refractivity contribution in [1.29, 1.82) is 0 Å². The first-order chi connectivity index (χ1) is 11.1. The highest BCUT2D eigenvalue weighted by atomic mass is 19.4. The molecule has 0 saturated carbocycles. The molecule has 1 amide bonds. The summed E-state index contributed by atoms with van der Waals surface area (Å²) in [5.74, 6) is -1.59. The van der Waals surface area contributed by atoms with Crippen molar-refractivity contribution >= 4 is 11.6 Å². The highest BCUT2D eigenvalue weighted by Gasteiger charge is 2.58. The van der Waals surface area contributed by atoms with Gasteiger partial charge in [0, 0.05) is 25.1 Å². The number of anilines is 1. The van der Waals surface area contributed by atoms with Gasteiger partial charge in [-0.25, -0.2) is 4.98 Å². The third kappa shape index (κ3) is 3.28. The molecular weight excluding hydrogens is 323 g/mol. The van der Waals surface area contributed by atoms with E-state index in [2.05, 4.69) is 10.3 Å². The van der Waals surface area contributed by atoms with E-state index in [1.165, 1.54) is 13.2 Å². The number of nitrogens with one attached hydrogen (secondary N) is 1. The van der Waals surface area contributed by atoms with Gasteiger partial charge in [-0.3, -0.25) is 4.79 Å². The minimum absolute atomic E-state index is 0.407. The van der Waals surface area contributed by atoms with Crippen LogP contribution in [0, 0.1) is 13.8 Å². The quantitative estimate of drug-likeness (QED) is 0.899. The standard InChI is InChI=1S/C16H18F3N3O2/c1-10-5-4-6-12(11(10)2)21-13(23)9-15(24,16(17,18)19)14-20-7-8-22(14)3/h4-8,24H,9H2,1-3H3,(H,21,23). The van der Waals surface area contributed by atoms with Gasteiger partial charge in [0.25, 0.3) is 0 Å². The molecule has 8 heteroatoms. The summed E-state index contributed by atoms with van der Waals surface area (Å²) in [5.41, 5.74) is -1.32. The Morgan fingerprint density at radius 3 is 2.54 bits per heavy atom. The smallest absolute Gasteiger partial charge is 0.374 e. The van der Waals surface area contributed by atoms with Crippen molar-refractivity contribution in [2.24, 2.45) is 7.05 Å². The van der Waals surface area contributed by atoms with Crippen LogP contribution in [0.3, 0.4) is 0 Å². The minimum atomic E-state index is -5.05. The molecule has 0 saturated heterocycles. The third-order valence-electron chi connectivity index (χ3n) is 3.96. The molecule has 2 N–H and O–H groups in total. The first-order valence-corrected chi connectivity index (χ1v) is 7.19. The van der Waals surface area contributed by atoms with Crippen LogP contribution in [-0.4, -0.2) is 26.7 Å². The van der Waals surface area contributed by atoms with Crippen LogP contribution >= 0.6 is 0 Å². The zero-order valence-corrected chi connectivity index (χ0v) is 13.5. The highest BCUT2D eigenvalue weighted by Crippen LogP contribution is 2.41. The van der Waals surface area contributed by atoms with Gasteiger partial charge >= 0.3 is 6.18 Å². The molecular formula is C16H18F3N3O2. The maximum absolute atomic E-state index is 13.4. The fraction of sp³-hybridized carbons (Fsp3) is 0.375. The maximum Gasteiger partial charge on any atom is 0.425 e. The van der Waals surface area contributed by atoms with Gasteiger partial charge in [0.2, 0.25) is 11.5 Å². The molecule has 2 rings (SSSR count). The monoisotopic (exact) mass is 341 g/mol. The second kappa shape index (κ2) is 6.27. The van der Waals surface area contributed by atoms with Crippen molar-refractivity contribution in [2.75, 3.05) is 5.32 Å². The fourth-order valence-electron chi connectivity index (χ4n) is 2.38. The topological polar surface area (TPSA) is 67.2 Å². The lowest BCUT2D eigenvalue weighted by atomic mass is 9.97. The molecule has 0 bridgehead atoms. The third-order valence-corrected chi connectivity index (χ3v) is 3.96. The van der Waals surface area contributed by atoms with E-state index in [0.717, 1.165) is 21.9 Å². The van der Waals surface area contributed by atoms with Crippen LogP contribution in [-0.2, 0) is 17.4 Å². The Kier molecular flexibility index (Phi) is 4.70. The van der Waals surface area contributed by atoms with E-state index in [4.69, 9.17) is 0 Å². The molecule has 2 aromatic rings. The summed E-state index contributed by atoms with van der Waals surface area (Å²) in [5, 5.41) is 12.6. The van der Waals surface area contributed by atoms with E-state index in [9.17, 15) is 23.1 Å². The Morgan fingerprint density at radius 2 is 2.00 bits per heavy atom. The predicted molar refractivity (Wildman–Crippen MR) is 82.3 cm³/mol. The van der Waals surface area contributed by atoms with Gasteiger partial charge in [-0.05, 0) is 31.0 Å². The number of alkyl halides is 3. The number of aromatic nitrogens is 2. The van der Waals surface area contributed by atoms with Crippen LogP contribution in [0.5, 0.6) is 0 Å². The van der Waals surface area contributed by atoms with E-state index < -0.39 is 29.9 Å². The SMILES string of the molecule is Cc1cccc(NC(=O)CC(O)(c2nccn2C)C(F)(F)F)c1C. The normalized spacial score (nSPS) is 14.3. The summed E-state index contributed by atoms with van der Waals surface area (Å²) in [6, 6.07) is 5.10. The van der Waals surface area contributed by atoms with Crippen LogP contribution in [0.1, 0.15) is 23.4 Å². The van der Waals surface area contributed by atoms with Crippen LogP contribution in [0.4, 0.5) is 18.9 Å². The number of nitrogens with zero attached hydrogens (tertiary/aromatic N) is 2. The highest BCUT2D eigenvalue weighted by molar-refractivity contribution is 5.92. The van der Waals surface area contributed by atoms with Crippen molar-refractivity contribution < 1.29 is 23.1 Å². The number of hydrogen-bond donors (Lipinski definition) is 2. The van der Waals surface area contributed by atoms with Crippen molar-refractivity contribution in [3.05, 3.63) is 47.5 Å². The summed E-state index contributed by atoms with van der Waals surface area (Å²) < 4.78 is 41.3. The van der Waals surface area contributed by atoms with Crippen molar-refractivity contribution in [2.45, 2.75) is 32.0 Å². The van der Waals surface area contributed by atoms with Crippen LogP contribution in [0.15, 0.2) is 30.6 Å². The number of aryl methyl sites for hydroxylation is 2. The maximum atomic E-state index is 13.4. The molecule has 0 fully saturated rings. The average molecular weight is 341 g/mol. The van der Waals surface area contributed by atoms with Crippen LogP contribution in [0.25, 0.3) is 0 Å². The lowest BCUT2D eigenvalue weighted by molar-refractivity contribution is -0.270. The van der Waals surface area contributed by atoms with Crippen molar-refractivity contribution in [3.8, 4) is 0 Å². The molecule has 1 aromatic heterocycles. The Hall–Kier alpha value is -2.35. The number of halogens is 3. The number of imidazole rings is 1. The molecule has 1 aromatic carbocycles. The van der Waals surface area contributed by atoms with E-state index in [1.807, 2.05) is 13.0 Å². The second-order valence-corrected chi connectivity index (χ2v) is 5.69. The first kappa shape index (κ1) is 18.0. The van der Waals surface area contributed by atoms with Crippen molar-refractivity contribution in [1.82, 2.24) is 9.55 Å². The summed E-state index contributed by atoms with van der Waals surface area (Å²) in [6.07, 6.45) is -3.83. The summed E-state index contributed by atoms with van der Waals surface area (Å²) >= 11 is 0. The van der Waals surface area contributed by atoms with Crippen molar-refractivity contribution in [3.63, 3.8) is 0 Å². The summed E-state index contributed by atoms with van der Waals surface area (Å²) in [7, 11) is 1.32. The molecule has 0 aliphatic heterocycles. The molecule has 1 atom stereocenters. The molecule has 0 aliphatic carbocycles. The lowest BCUT2D eigenvalue weighted by Crippen LogP contribution is -2.46. The van der Waals surface area contributed by atoms with Gasteiger partial charge in [-0.2, -0.15) is 13.2 Å². The van der Waals surface area contributed by atoms with Gasteiger partial charge in [0.15, 0.2) is 5.82 Å². The molecule has 0 spiro atoms. The predicted octanol–water partition coefficient (Wildman–Crippen LogP) is 2.82. The minimum Gasteiger partial charge on any atom is -0.374 e. The second-order valence-electron chi connectivity index (χ2n) is 5.69. The van der Waals surface area contributed by atoms with Gasteiger partial charge < -0.3 is 15.0 Å². The summed E-state index contributed by atoms with van der Waals surface area (Å²) in [6.45, 7) is 3.57. The number of amides is 1. The summed E-state index contributed by atoms with van der Waals surface area (Å²) in [4.78, 5) is 15.7. The Morgan fingerprint density at radius 1 is 1.33 bits per heavy atom. The van der Waals surface area contributed by atoms with Gasteiger partial charge in [0.05, 0.1) is 6.42 Å². The van der Waals surface area contributed by atoms with E-state index in [-0.39, 0.29) is 0 Å². The first-order valence-electron chi connectivity index (χ1n) is 7.19. The fourth-order valence-corrected chi connectivity index (χ4v) is 2.38. The van der Waals surface area contributed by atoms with Crippen LogP contribution < -0.4 is 5.32 Å². The number of benzene rings is 1. The molecule has 1 heterocycles. The average Bonchev–Trinajstić information content (AvgIpc) is 2.89. The molecule has 0 radical (unpaired) electrons. The largest absolute Gasteiger partial charge is 0.425 e. The van der Waals surface area contributed by atoms with Gasteiger partial charge in [-0.15, -0.1) is 0 Å². The Labute approximate surface area is 137 Å². The molecule has 130 valence electrons. The number of hydrogen-bond acceptors (Lipinski definition) is 3. The number of carbonyl (C=O) groups excluding carboxylic acids is 1. The molecule has 1 unspecified atom stereocenters. The van der Waals surface area contributed by atoms with E-state index in [0.29, 0.717) is 5.69 Å². The van der Waals surface area contributed by atoms with Crippen LogP contribution in [0.2, 0.25) is 0 Å². The van der Waals surface area contributed by atoms with E-state index >= 15 is 0 Å². The number of aliphatic hydroxyl groups is 1. The number of rotatable bonds is 4. The molecule has 5 nitrogen and oxygen atoms in total. The van der Waals surface area contributed by atoms with Gasteiger partial charge in [-0.1, -0.05) is 12.1 Å². The zero-order chi connectivity index (χ0) is 18.1. The zero-order valence-electron chi connectivity index (χ0n) is 13.5.